The lowest BCUT2D eigenvalue weighted by atomic mass is 10.0. The van der Waals surface area contributed by atoms with Gasteiger partial charge in [0, 0.05) is 28.1 Å². The summed E-state index contributed by atoms with van der Waals surface area (Å²) in [6.07, 6.45) is -0.201. The number of rotatable bonds is 11. The first-order valence-electron chi connectivity index (χ1n) is 10.3. The predicted molar refractivity (Wildman–Crippen MR) is 139 cm³/mol. The molecule has 35 heavy (non-hydrogen) atoms. The fourth-order valence-corrected chi connectivity index (χ4v) is 5.40. The molecule has 0 aliphatic heterocycles. The Morgan fingerprint density at radius 1 is 1.17 bits per heavy atom. The summed E-state index contributed by atoms with van der Waals surface area (Å²) in [6, 6.07) is 9.87. The van der Waals surface area contributed by atoms with Gasteiger partial charge in [-0.15, -0.1) is 11.3 Å². The van der Waals surface area contributed by atoms with Gasteiger partial charge in [-0.2, -0.15) is 0 Å². The number of aromatic nitrogens is 1. The fourth-order valence-electron chi connectivity index (χ4n) is 3.25. The van der Waals surface area contributed by atoms with Crippen LogP contribution in [0.1, 0.15) is 21.6 Å². The van der Waals surface area contributed by atoms with E-state index in [1.807, 2.05) is 24.3 Å². The first kappa shape index (κ1) is 27.4. The smallest absolute Gasteiger partial charge is 0.271 e. The Morgan fingerprint density at radius 2 is 1.89 bits per heavy atom. The topological polar surface area (TPSA) is 120 Å². The molecular formula is C22H23F2IN4O4S2. The van der Waals surface area contributed by atoms with Crippen molar-refractivity contribution in [3.63, 3.8) is 0 Å². The Morgan fingerprint density at radius 3 is 2.54 bits per heavy atom. The summed E-state index contributed by atoms with van der Waals surface area (Å²) in [5.41, 5.74) is 1.20. The zero-order chi connectivity index (χ0) is 25.6. The van der Waals surface area contributed by atoms with E-state index in [-0.39, 0.29) is 29.4 Å². The average Bonchev–Trinajstić information content (AvgIpc) is 3.19. The van der Waals surface area contributed by atoms with E-state index >= 15 is 0 Å². The fraction of sp³-hybridized carbons (Fsp3) is 0.273. The summed E-state index contributed by atoms with van der Waals surface area (Å²) in [4.78, 5) is 16.7. The van der Waals surface area contributed by atoms with Crippen LogP contribution in [0.5, 0.6) is 0 Å². The van der Waals surface area contributed by atoms with E-state index in [1.54, 1.807) is 0 Å². The number of nitrogens with one attached hydrogen (secondary N) is 3. The molecule has 1 aromatic heterocycles. The van der Waals surface area contributed by atoms with Crippen molar-refractivity contribution < 1.29 is 27.1 Å². The number of anilines is 1. The lowest BCUT2D eigenvalue weighted by Gasteiger charge is -2.24. The number of nitrogens with zero attached hydrogens (tertiary/aromatic N) is 1. The Hall–Kier alpha value is -2.20. The summed E-state index contributed by atoms with van der Waals surface area (Å²) in [5.74, 6) is -2.21. The number of halogens is 3. The Bertz CT molecular complexity index is 1270. The monoisotopic (exact) mass is 636 g/mol. The Kier molecular flexibility index (Phi) is 9.52. The van der Waals surface area contributed by atoms with E-state index < -0.39 is 39.7 Å². The van der Waals surface area contributed by atoms with Gasteiger partial charge in [0.2, 0.25) is 10.0 Å². The summed E-state index contributed by atoms with van der Waals surface area (Å²) >= 11 is 3.12. The molecular weight excluding hydrogens is 613 g/mol. The van der Waals surface area contributed by atoms with Crippen molar-refractivity contribution >= 4 is 55.0 Å². The molecule has 2 aromatic carbocycles. The highest BCUT2D eigenvalue weighted by Crippen LogP contribution is 2.18. The van der Waals surface area contributed by atoms with Gasteiger partial charge in [0.15, 0.2) is 5.13 Å². The molecule has 3 aromatic rings. The quantitative estimate of drug-likeness (QED) is 0.241. The van der Waals surface area contributed by atoms with Crippen molar-refractivity contribution in [2.45, 2.75) is 25.1 Å². The van der Waals surface area contributed by atoms with Crippen LogP contribution in [0.4, 0.5) is 13.9 Å². The maximum Gasteiger partial charge on any atom is 0.271 e. The largest absolute Gasteiger partial charge is 0.390 e. The van der Waals surface area contributed by atoms with Crippen LogP contribution in [-0.4, -0.2) is 49.4 Å². The maximum atomic E-state index is 13.7. The molecule has 1 amide bonds. The second-order valence-corrected chi connectivity index (χ2v) is 11.7. The third-order valence-corrected chi connectivity index (χ3v) is 6.86. The van der Waals surface area contributed by atoms with E-state index in [0.29, 0.717) is 6.54 Å². The molecule has 8 nitrogen and oxygen atoms in total. The van der Waals surface area contributed by atoms with Crippen LogP contribution in [0, 0.1) is 15.2 Å². The van der Waals surface area contributed by atoms with Gasteiger partial charge in [-0.25, -0.2) is 22.2 Å². The molecule has 0 aliphatic carbocycles. The average molecular weight is 636 g/mol. The SMILES string of the molecule is CS(=O)(=O)Nc1nc(C(=O)NC(Cc2cc(F)cc(F)c2)C(O)CNCc2cccc(I)c2)cs1. The molecule has 0 fully saturated rings. The van der Waals surface area contributed by atoms with Crippen molar-refractivity contribution in [2.75, 3.05) is 17.5 Å². The highest BCUT2D eigenvalue weighted by molar-refractivity contribution is 14.1. The number of amides is 1. The number of hydrogen-bond donors (Lipinski definition) is 4. The van der Waals surface area contributed by atoms with Crippen LogP contribution in [0.2, 0.25) is 0 Å². The number of carbonyl (C=O) groups excluding carboxylic acids is 1. The normalized spacial score (nSPS) is 13.3. The number of sulfonamides is 1. The minimum Gasteiger partial charge on any atom is -0.390 e. The highest BCUT2D eigenvalue weighted by Gasteiger charge is 2.24. The molecule has 2 unspecified atom stereocenters. The van der Waals surface area contributed by atoms with E-state index in [1.165, 1.54) is 5.38 Å². The van der Waals surface area contributed by atoms with Crippen molar-refractivity contribution in [3.05, 3.63) is 79.9 Å². The van der Waals surface area contributed by atoms with Gasteiger partial charge in [-0.1, -0.05) is 12.1 Å². The molecule has 2 atom stereocenters. The molecule has 0 spiro atoms. The number of aliphatic hydroxyl groups excluding tert-OH is 1. The van der Waals surface area contributed by atoms with Crippen LogP contribution in [-0.2, 0) is 23.0 Å². The van der Waals surface area contributed by atoms with Crippen LogP contribution in [0.15, 0.2) is 47.8 Å². The van der Waals surface area contributed by atoms with Gasteiger partial charge >= 0.3 is 0 Å². The predicted octanol–water partition coefficient (Wildman–Crippen LogP) is 2.89. The summed E-state index contributed by atoms with van der Waals surface area (Å²) < 4.78 is 53.4. The molecule has 1 heterocycles. The molecule has 0 radical (unpaired) electrons. The van der Waals surface area contributed by atoms with Gasteiger partial charge in [0.05, 0.1) is 18.4 Å². The summed E-state index contributed by atoms with van der Waals surface area (Å²) in [7, 11) is -3.56. The van der Waals surface area contributed by atoms with Crippen LogP contribution < -0.4 is 15.4 Å². The lowest BCUT2D eigenvalue weighted by Crippen LogP contribution is -2.48. The molecule has 0 aliphatic rings. The van der Waals surface area contributed by atoms with E-state index in [9.17, 15) is 27.1 Å². The van der Waals surface area contributed by atoms with Gasteiger partial charge in [-0.3, -0.25) is 9.52 Å². The molecule has 0 saturated heterocycles. The molecule has 3 rings (SSSR count). The minimum absolute atomic E-state index is 0.0149. The van der Waals surface area contributed by atoms with Gasteiger partial charge in [0.1, 0.15) is 17.3 Å². The Labute approximate surface area is 219 Å². The highest BCUT2D eigenvalue weighted by atomic mass is 127. The zero-order valence-corrected chi connectivity index (χ0v) is 22.3. The van der Waals surface area contributed by atoms with E-state index in [2.05, 4.69) is 42.9 Å². The molecule has 0 saturated carbocycles. The number of aliphatic hydroxyl groups is 1. The summed E-state index contributed by atoms with van der Waals surface area (Å²) in [6.45, 7) is 0.557. The molecule has 188 valence electrons. The molecule has 0 bridgehead atoms. The van der Waals surface area contributed by atoms with Crippen molar-refractivity contribution in [2.24, 2.45) is 0 Å². The van der Waals surface area contributed by atoms with Gasteiger partial charge < -0.3 is 15.7 Å². The van der Waals surface area contributed by atoms with Crippen molar-refractivity contribution in [1.29, 1.82) is 0 Å². The second-order valence-electron chi connectivity index (χ2n) is 7.80. The lowest BCUT2D eigenvalue weighted by molar-refractivity contribution is 0.0826. The number of benzene rings is 2. The third kappa shape index (κ3) is 9.07. The molecule has 13 heteroatoms. The zero-order valence-electron chi connectivity index (χ0n) is 18.5. The summed E-state index contributed by atoms with van der Waals surface area (Å²) in [5, 5.41) is 18.0. The number of carbonyl (C=O) groups is 1. The molecule has 4 N–H and O–H groups in total. The standard InChI is InChI=1S/C22H23F2IN4O4S2/c1-35(32,33)29-22-28-19(12-34-22)21(31)27-18(8-14-5-15(23)9-16(24)6-14)20(30)11-26-10-13-3-2-4-17(25)7-13/h2-7,9,12,18,20,26,30H,8,10-11H2,1H3,(H,27,31)(H,28,29). The third-order valence-electron chi connectivity index (χ3n) is 4.74. The van der Waals surface area contributed by atoms with E-state index in [4.69, 9.17) is 0 Å². The van der Waals surface area contributed by atoms with Gasteiger partial charge in [0.25, 0.3) is 5.91 Å². The van der Waals surface area contributed by atoms with Crippen molar-refractivity contribution in [3.8, 4) is 0 Å². The maximum absolute atomic E-state index is 13.7. The van der Waals surface area contributed by atoms with Crippen LogP contribution in [0.25, 0.3) is 0 Å². The minimum atomic E-state index is -3.56. The number of hydrogen-bond acceptors (Lipinski definition) is 7. The van der Waals surface area contributed by atoms with Crippen LogP contribution in [0.3, 0.4) is 0 Å². The van der Waals surface area contributed by atoms with Crippen LogP contribution >= 0.6 is 33.9 Å². The second kappa shape index (κ2) is 12.2. The number of thiazole rings is 1. The van der Waals surface area contributed by atoms with Gasteiger partial charge in [-0.05, 0) is 64.4 Å². The first-order valence-corrected chi connectivity index (χ1v) is 14.2. The van der Waals surface area contributed by atoms with Crippen molar-refractivity contribution in [1.82, 2.24) is 15.6 Å². The van der Waals surface area contributed by atoms with E-state index in [0.717, 1.165) is 44.9 Å². The first-order chi connectivity index (χ1) is 16.5. The Balaban J connectivity index is 1.71.